The summed E-state index contributed by atoms with van der Waals surface area (Å²) in [6.07, 6.45) is 5.24. The Morgan fingerprint density at radius 3 is 2.54 bits per heavy atom. The number of aryl methyl sites for hydroxylation is 3. The van der Waals surface area contributed by atoms with Crippen LogP contribution in [0.2, 0.25) is 5.15 Å². The van der Waals surface area contributed by atoms with Crippen molar-refractivity contribution in [1.29, 1.82) is 0 Å². The summed E-state index contributed by atoms with van der Waals surface area (Å²) in [6, 6.07) is 17.9. The Hall–Kier alpha value is -2.71. The van der Waals surface area contributed by atoms with Crippen LogP contribution >= 0.6 is 11.6 Å². The molecular weight excluding hydrogens is 508 g/mol. The van der Waals surface area contributed by atoms with Gasteiger partial charge in [-0.2, -0.15) is 0 Å². The van der Waals surface area contributed by atoms with Crippen LogP contribution < -0.4 is 16.0 Å². The second-order valence-electron chi connectivity index (χ2n) is 10.8. The summed E-state index contributed by atoms with van der Waals surface area (Å²) < 4.78 is 2.16. The molecule has 1 aliphatic rings. The van der Waals surface area contributed by atoms with Crippen molar-refractivity contribution < 1.29 is 4.79 Å². The standard InChI is InChI=1S/C31H43ClN6O/c1-22-19-29(32)35-24(3)30(22)31(39)34-15-12-23(2)38-17-13-26(14-18-38)36-28(25-9-6-5-7-10-25)21-33-20-27-11-8-16-37(27)4/h5-11,16,19,23,26,28,33,36H,12-15,17-18,20-21H2,1-4H3,(H,34,39)/t23?,28-/m0/s1. The molecule has 210 valence electrons. The van der Waals surface area contributed by atoms with E-state index in [-0.39, 0.29) is 11.9 Å². The molecule has 4 rings (SSSR count). The van der Waals surface area contributed by atoms with Crippen LogP contribution in [-0.4, -0.2) is 58.6 Å². The molecule has 1 unspecified atom stereocenters. The van der Waals surface area contributed by atoms with E-state index in [1.54, 1.807) is 6.07 Å². The molecule has 0 aliphatic carbocycles. The summed E-state index contributed by atoms with van der Waals surface area (Å²) >= 11 is 6.02. The average molecular weight is 551 g/mol. The number of likely N-dealkylation sites (tertiary alicyclic amines) is 1. The molecule has 39 heavy (non-hydrogen) atoms. The number of amides is 1. The Balaban J connectivity index is 1.22. The minimum Gasteiger partial charge on any atom is -0.353 e. The van der Waals surface area contributed by atoms with Gasteiger partial charge in [0.15, 0.2) is 0 Å². The van der Waals surface area contributed by atoms with Gasteiger partial charge in [0.05, 0.1) is 11.3 Å². The van der Waals surface area contributed by atoms with Gasteiger partial charge in [0.25, 0.3) is 5.91 Å². The number of hydrogen-bond donors (Lipinski definition) is 3. The van der Waals surface area contributed by atoms with E-state index in [2.05, 4.69) is 93.0 Å². The van der Waals surface area contributed by atoms with Crippen molar-refractivity contribution in [1.82, 2.24) is 30.4 Å². The van der Waals surface area contributed by atoms with Crippen LogP contribution in [-0.2, 0) is 13.6 Å². The second kappa shape index (κ2) is 14.1. The zero-order chi connectivity index (χ0) is 27.8. The van der Waals surface area contributed by atoms with Crippen molar-refractivity contribution in [3.8, 4) is 0 Å². The smallest absolute Gasteiger partial charge is 0.253 e. The fourth-order valence-electron chi connectivity index (χ4n) is 5.57. The molecule has 7 nitrogen and oxygen atoms in total. The van der Waals surface area contributed by atoms with E-state index in [9.17, 15) is 4.79 Å². The third-order valence-electron chi connectivity index (χ3n) is 7.94. The van der Waals surface area contributed by atoms with Crippen molar-refractivity contribution in [2.24, 2.45) is 7.05 Å². The number of carbonyl (C=O) groups excluding carboxylic acids is 1. The lowest BCUT2D eigenvalue weighted by atomic mass is 9.99. The van der Waals surface area contributed by atoms with Gasteiger partial charge in [-0.1, -0.05) is 41.9 Å². The first kappa shape index (κ1) is 29.3. The van der Waals surface area contributed by atoms with Gasteiger partial charge in [0.1, 0.15) is 5.15 Å². The van der Waals surface area contributed by atoms with E-state index in [0.717, 1.165) is 51.0 Å². The maximum atomic E-state index is 12.8. The molecule has 0 saturated carbocycles. The number of nitrogens with zero attached hydrogens (tertiary/aromatic N) is 3. The molecule has 3 aromatic rings. The molecule has 3 N–H and O–H groups in total. The number of hydrogen-bond acceptors (Lipinski definition) is 5. The molecule has 1 amide bonds. The lowest BCUT2D eigenvalue weighted by Gasteiger charge is -2.38. The highest BCUT2D eigenvalue weighted by Crippen LogP contribution is 2.20. The average Bonchev–Trinajstić information content (AvgIpc) is 3.32. The minimum atomic E-state index is -0.0723. The zero-order valence-corrected chi connectivity index (χ0v) is 24.5. The van der Waals surface area contributed by atoms with Crippen molar-refractivity contribution in [2.75, 3.05) is 26.2 Å². The molecular formula is C31H43ClN6O. The highest BCUT2D eigenvalue weighted by atomic mass is 35.5. The van der Waals surface area contributed by atoms with Crippen LogP contribution in [0, 0.1) is 13.8 Å². The molecule has 0 spiro atoms. The fourth-order valence-corrected chi connectivity index (χ4v) is 5.86. The lowest BCUT2D eigenvalue weighted by Crippen LogP contribution is -2.48. The monoisotopic (exact) mass is 550 g/mol. The van der Waals surface area contributed by atoms with E-state index in [0.29, 0.717) is 35.0 Å². The Kier molecular flexibility index (Phi) is 10.6. The van der Waals surface area contributed by atoms with Crippen molar-refractivity contribution >= 4 is 17.5 Å². The van der Waals surface area contributed by atoms with E-state index in [1.807, 2.05) is 13.8 Å². The molecule has 3 heterocycles. The lowest BCUT2D eigenvalue weighted by molar-refractivity contribution is 0.0942. The fraction of sp³-hybridized carbons (Fsp3) is 0.484. The van der Waals surface area contributed by atoms with Gasteiger partial charge < -0.3 is 25.4 Å². The van der Waals surface area contributed by atoms with E-state index in [1.165, 1.54) is 11.3 Å². The summed E-state index contributed by atoms with van der Waals surface area (Å²) in [4.78, 5) is 19.5. The number of rotatable bonds is 12. The quantitative estimate of drug-likeness (QED) is 0.283. The van der Waals surface area contributed by atoms with Gasteiger partial charge in [-0.25, -0.2) is 4.98 Å². The van der Waals surface area contributed by atoms with Crippen LogP contribution in [0.4, 0.5) is 0 Å². The maximum Gasteiger partial charge on any atom is 0.253 e. The van der Waals surface area contributed by atoms with Crippen molar-refractivity contribution in [2.45, 2.75) is 64.7 Å². The third kappa shape index (κ3) is 8.15. The highest BCUT2D eigenvalue weighted by molar-refractivity contribution is 6.29. The number of carbonyl (C=O) groups is 1. The predicted molar refractivity (Wildman–Crippen MR) is 159 cm³/mol. The summed E-state index contributed by atoms with van der Waals surface area (Å²) in [6.45, 7) is 10.5. The van der Waals surface area contributed by atoms with Crippen molar-refractivity contribution in [3.63, 3.8) is 0 Å². The SMILES string of the molecule is Cc1cc(Cl)nc(C)c1C(=O)NCCC(C)N1CCC(N[C@@H](CNCc2cccn2C)c2ccccc2)CC1. The highest BCUT2D eigenvalue weighted by Gasteiger charge is 2.25. The Labute approximate surface area is 238 Å². The van der Waals surface area contributed by atoms with Crippen molar-refractivity contribution in [3.05, 3.63) is 88.0 Å². The second-order valence-corrected chi connectivity index (χ2v) is 11.2. The first-order valence-corrected chi connectivity index (χ1v) is 14.5. The number of benzene rings is 1. The van der Waals surface area contributed by atoms with Crippen LogP contribution in [0.5, 0.6) is 0 Å². The molecule has 0 bridgehead atoms. The number of halogens is 1. The van der Waals surface area contributed by atoms with Crippen LogP contribution in [0.15, 0.2) is 54.7 Å². The summed E-state index contributed by atoms with van der Waals surface area (Å²) in [5, 5.41) is 11.1. The van der Waals surface area contributed by atoms with Gasteiger partial charge in [0.2, 0.25) is 0 Å². The number of piperidine rings is 1. The summed E-state index contributed by atoms with van der Waals surface area (Å²) in [5.41, 5.74) is 4.77. The topological polar surface area (TPSA) is 74.2 Å². The zero-order valence-electron chi connectivity index (χ0n) is 23.7. The molecule has 1 saturated heterocycles. The van der Waals surface area contributed by atoms with Crippen LogP contribution in [0.25, 0.3) is 0 Å². The van der Waals surface area contributed by atoms with E-state index < -0.39 is 0 Å². The number of aromatic nitrogens is 2. The Morgan fingerprint density at radius 2 is 1.87 bits per heavy atom. The number of nitrogens with one attached hydrogen (secondary N) is 3. The third-order valence-corrected chi connectivity index (χ3v) is 8.13. The van der Waals surface area contributed by atoms with Crippen LogP contribution in [0.3, 0.4) is 0 Å². The first-order valence-electron chi connectivity index (χ1n) is 14.1. The molecule has 2 atom stereocenters. The largest absolute Gasteiger partial charge is 0.353 e. The van der Waals surface area contributed by atoms with Crippen LogP contribution in [0.1, 0.15) is 65.1 Å². The predicted octanol–water partition coefficient (Wildman–Crippen LogP) is 4.78. The van der Waals surface area contributed by atoms with Gasteiger partial charge in [-0.05, 0) is 82.4 Å². The molecule has 1 fully saturated rings. The maximum absolute atomic E-state index is 12.8. The van der Waals surface area contributed by atoms with Gasteiger partial charge in [-0.15, -0.1) is 0 Å². The van der Waals surface area contributed by atoms with Gasteiger partial charge >= 0.3 is 0 Å². The van der Waals surface area contributed by atoms with E-state index in [4.69, 9.17) is 11.6 Å². The minimum absolute atomic E-state index is 0.0723. The van der Waals surface area contributed by atoms with Gasteiger partial charge in [-0.3, -0.25) is 4.79 Å². The number of pyridine rings is 1. The first-order chi connectivity index (χ1) is 18.8. The molecule has 1 aliphatic heterocycles. The summed E-state index contributed by atoms with van der Waals surface area (Å²) in [7, 11) is 2.09. The normalized spacial score (nSPS) is 16.2. The molecule has 8 heteroatoms. The Bertz CT molecular complexity index is 1180. The van der Waals surface area contributed by atoms with E-state index >= 15 is 0 Å². The summed E-state index contributed by atoms with van der Waals surface area (Å²) in [5.74, 6) is -0.0723. The molecule has 1 aromatic carbocycles. The Morgan fingerprint density at radius 1 is 1.13 bits per heavy atom. The van der Waals surface area contributed by atoms with Gasteiger partial charge in [0, 0.05) is 56.7 Å². The molecule has 2 aromatic heterocycles. The molecule has 0 radical (unpaired) electrons.